The van der Waals surface area contributed by atoms with Gasteiger partial charge < -0.3 is 19.6 Å². The van der Waals surface area contributed by atoms with Crippen LogP contribution in [-0.2, 0) is 23.9 Å². The average Bonchev–Trinajstić information content (AvgIpc) is 3.87. The Morgan fingerprint density at radius 3 is 2.57 bits per heavy atom. The van der Waals surface area contributed by atoms with Crippen molar-refractivity contribution in [3.05, 3.63) is 89.4 Å². The Bertz CT molecular complexity index is 1960. The van der Waals surface area contributed by atoms with Crippen LogP contribution in [0.3, 0.4) is 0 Å². The molecule has 3 heterocycles. The summed E-state index contributed by atoms with van der Waals surface area (Å²) >= 11 is 0. The number of fused-ring (bicyclic) bond motifs is 2. The van der Waals surface area contributed by atoms with E-state index >= 15 is 0 Å². The van der Waals surface area contributed by atoms with Gasteiger partial charge >= 0.3 is 5.97 Å². The molecule has 8 nitrogen and oxygen atoms in total. The Kier molecular flexibility index (Phi) is 7.92. The van der Waals surface area contributed by atoms with Crippen molar-refractivity contribution in [2.45, 2.75) is 69.4 Å². The lowest BCUT2D eigenvalue weighted by Gasteiger charge is -2.30. The van der Waals surface area contributed by atoms with E-state index in [1.54, 1.807) is 6.07 Å². The maximum Gasteiger partial charge on any atom is 0.328 e. The van der Waals surface area contributed by atoms with Crippen LogP contribution < -0.4 is 5.32 Å². The van der Waals surface area contributed by atoms with Gasteiger partial charge in [0.05, 0.1) is 34.5 Å². The third-order valence-electron chi connectivity index (χ3n) is 9.91. The maximum absolute atomic E-state index is 14.1. The van der Waals surface area contributed by atoms with Crippen molar-refractivity contribution in [2.75, 3.05) is 6.67 Å². The molecule has 2 fully saturated rings. The van der Waals surface area contributed by atoms with Gasteiger partial charge in [0, 0.05) is 35.8 Å². The molecule has 2 aromatic carbocycles. The fraction of sp³-hybridized carbons (Fsp3) is 0.351. The summed E-state index contributed by atoms with van der Waals surface area (Å²) in [5.74, 6) is -0.116. The van der Waals surface area contributed by atoms with Crippen LogP contribution in [0, 0.1) is 0 Å². The fourth-order valence-electron chi connectivity index (χ4n) is 7.81. The van der Waals surface area contributed by atoms with E-state index < -0.39 is 18.2 Å². The number of aryl methyl sites for hydroxylation is 2. The summed E-state index contributed by atoms with van der Waals surface area (Å²) in [4.78, 5) is 34.9. The van der Waals surface area contributed by atoms with Crippen LogP contribution in [0.2, 0.25) is 0 Å². The Morgan fingerprint density at radius 2 is 1.85 bits per heavy atom. The molecule has 5 aromatic rings. The molecule has 236 valence electrons. The molecule has 46 heavy (non-hydrogen) atoms. The van der Waals surface area contributed by atoms with Gasteiger partial charge in [-0.2, -0.15) is 0 Å². The largest absolute Gasteiger partial charge is 0.478 e. The number of carbonyl (C=O) groups excluding carboxylic acids is 1. The highest BCUT2D eigenvalue weighted by atomic mass is 19.1. The van der Waals surface area contributed by atoms with Crippen LogP contribution in [0.15, 0.2) is 66.9 Å². The minimum absolute atomic E-state index is 0.0884. The molecular formula is C37H38FN5O3. The highest BCUT2D eigenvalue weighted by Gasteiger charge is 2.42. The highest BCUT2D eigenvalue weighted by Crippen LogP contribution is 2.45. The van der Waals surface area contributed by atoms with Gasteiger partial charge in [-0.15, -0.1) is 0 Å². The number of carbonyl (C=O) groups is 2. The number of carboxylic acids is 1. The third kappa shape index (κ3) is 5.27. The van der Waals surface area contributed by atoms with Crippen LogP contribution in [0.5, 0.6) is 0 Å². The highest BCUT2D eigenvalue weighted by molar-refractivity contribution is 6.01. The lowest BCUT2D eigenvalue weighted by Crippen LogP contribution is -2.45. The van der Waals surface area contributed by atoms with Gasteiger partial charge in [0.2, 0.25) is 0 Å². The summed E-state index contributed by atoms with van der Waals surface area (Å²) < 4.78 is 18.0. The molecule has 7 rings (SSSR count). The van der Waals surface area contributed by atoms with E-state index in [0.29, 0.717) is 46.7 Å². The van der Waals surface area contributed by atoms with Gasteiger partial charge in [0.25, 0.3) is 5.91 Å². The minimum atomic E-state index is -1.04. The topological polar surface area (TPSA) is 102 Å². The number of aromatic nitrogens is 4. The molecule has 9 heteroatoms. The molecule has 0 spiro atoms. The molecule has 3 aromatic heterocycles. The number of benzene rings is 2. The number of hydrogen-bond acceptors (Lipinski definition) is 4. The summed E-state index contributed by atoms with van der Waals surface area (Å²) in [7, 11) is 2.06. The number of imidazole rings is 1. The number of pyridine rings is 1. The van der Waals surface area contributed by atoms with Crippen molar-refractivity contribution in [2.24, 2.45) is 7.05 Å². The van der Waals surface area contributed by atoms with Gasteiger partial charge in [-0.1, -0.05) is 43.9 Å². The molecule has 2 aliphatic carbocycles. The first-order chi connectivity index (χ1) is 22.4. The van der Waals surface area contributed by atoms with E-state index in [2.05, 4.69) is 29.1 Å². The van der Waals surface area contributed by atoms with Crippen molar-refractivity contribution in [3.8, 4) is 11.4 Å². The molecule has 0 bridgehead atoms. The van der Waals surface area contributed by atoms with E-state index in [1.807, 2.05) is 47.2 Å². The molecule has 0 radical (unpaired) electrons. The second kappa shape index (κ2) is 12.2. The number of halogens is 1. The first kappa shape index (κ1) is 29.9. The van der Waals surface area contributed by atoms with Crippen LogP contribution in [0.4, 0.5) is 4.39 Å². The number of nitrogens with one attached hydrogen (secondary N) is 1. The summed E-state index contributed by atoms with van der Waals surface area (Å²) in [6.07, 6.45) is 12.4. The Balaban J connectivity index is 1.28. The van der Waals surface area contributed by atoms with E-state index in [4.69, 9.17) is 15.1 Å². The number of aliphatic carboxylic acids is 1. The second-order valence-electron chi connectivity index (χ2n) is 12.7. The molecular weight excluding hydrogens is 581 g/mol. The monoisotopic (exact) mass is 619 g/mol. The molecule has 1 amide bonds. The predicted octanol–water partition coefficient (Wildman–Crippen LogP) is 7.51. The summed E-state index contributed by atoms with van der Waals surface area (Å²) in [5, 5.41) is 13.6. The zero-order valence-electron chi connectivity index (χ0n) is 26.0. The SMILES string of the molecule is Cn1c(-c2ccccn2)c(C2CCCC2)c2ccc(C(=O)NC3(c4nc5ccc(C=CC(=O)O)cc5n4CCF)CCCC3)cc21. The van der Waals surface area contributed by atoms with Gasteiger partial charge in [0.15, 0.2) is 0 Å². The number of amides is 1. The van der Waals surface area contributed by atoms with E-state index in [1.165, 1.54) is 29.9 Å². The van der Waals surface area contributed by atoms with Crippen molar-refractivity contribution in [3.63, 3.8) is 0 Å². The second-order valence-corrected chi connectivity index (χ2v) is 12.7. The average molecular weight is 620 g/mol. The quantitative estimate of drug-likeness (QED) is 0.166. The van der Waals surface area contributed by atoms with Gasteiger partial charge in [0.1, 0.15) is 12.5 Å². The van der Waals surface area contributed by atoms with E-state index in [-0.39, 0.29) is 12.5 Å². The smallest absolute Gasteiger partial charge is 0.328 e. The maximum atomic E-state index is 14.1. The first-order valence-corrected chi connectivity index (χ1v) is 16.2. The molecule has 0 aliphatic heterocycles. The van der Waals surface area contributed by atoms with Crippen molar-refractivity contribution in [1.82, 2.24) is 24.4 Å². The molecule has 2 saturated carbocycles. The first-order valence-electron chi connectivity index (χ1n) is 16.2. The normalized spacial score (nSPS) is 16.7. The Hall–Kier alpha value is -4.79. The lowest BCUT2D eigenvalue weighted by molar-refractivity contribution is -0.131. The number of alkyl halides is 1. The summed E-state index contributed by atoms with van der Waals surface area (Å²) in [6.45, 7) is -0.505. The van der Waals surface area contributed by atoms with Crippen LogP contribution in [0.1, 0.15) is 84.6 Å². The van der Waals surface area contributed by atoms with Gasteiger partial charge in [-0.25, -0.2) is 14.2 Å². The zero-order chi connectivity index (χ0) is 31.8. The van der Waals surface area contributed by atoms with E-state index in [9.17, 15) is 14.0 Å². The Morgan fingerprint density at radius 1 is 1.04 bits per heavy atom. The Labute approximate surface area is 267 Å². The molecule has 0 saturated heterocycles. The summed E-state index contributed by atoms with van der Waals surface area (Å²) in [6, 6.07) is 17.5. The molecule has 0 atom stereocenters. The minimum Gasteiger partial charge on any atom is -0.478 e. The molecule has 2 N–H and O–H groups in total. The van der Waals surface area contributed by atoms with Crippen LogP contribution >= 0.6 is 0 Å². The number of nitrogens with zero attached hydrogens (tertiary/aromatic N) is 4. The standard InChI is InChI=1S/C37H38FN5O3/c1-42-30-23-26(13-14-27(30)33(25-8-2-3-9-25)34(42)29-10-4-7-20-39-29)35(46)41-37(17-5-6-18-37)36-40-28-15-11-24(12-16-32(44)45)22-31(28)43(36)21-19-38/h4,7,10-16,20,22-23,25H,2-3,5-6,8-9,17-19,21H2,1H3,(H,41,46)(H,44,45). The summed E-state index contributed by atoms with van der Waals surface area (Å²) in [5.41, 5.74) is 6.28. The lowest BCUT2D eigenvalue weighted by atomic mass is 9.92. The molecule has 0 unspecified atom stereocenters. The number of rotatable bonds is 9. The third-order valence-corrected chi connectivity index (χ3v) is 9.91. The van der Waals surface area contributed by atoms with E-state index in [0.717, 1.165) is 48.7 Å². The van der Waals surface area contributed by atoms with Crippen molar-refractivity contribution >= 4 is 39.9 Å². The van der Waals surface area contributed by atoms with Crippen LogP contribution in [0.25, 0.3) is 39.4 Å². The van der Waals surface area contributed by atoms with Crippen molar-refractivity contribution < 1.29 is 19.1 Å². The number of hydrogen-bond donors (Lipinski definition) is 2. The molecule has 2 aliphatic rings. The van der Waals surface area contributed by atoms with Crippen LogP contribution in [-0.4, -0.2) is 42.8 Å². The predicted molar refractivity (Wildman–Crippen MR) is 177 cm³/mol. The zero-order valence-corrected chi connectivity index (χ0v) is 26.0. The van der Waals surface area contributed by atoms with Gasteiger partial charge in [-0.3, -0.25) is 9.78 Å². The number of carboxylic acid groups (broad SMARTS) is 1. The van der Waals surface area contributed by atoms with Gasteiger partial charge in [-0.05, 0) is 85.2 Å². The van der Waals surface area contributed by atoms with Crippen molar-refractivity contribution in [1.29, 1.82) is 0 Å². The fourth-order valence-corrected chi connectivity index (χ4v) is 7.81.